The van der Waals surface area contributed by atoms with Crippen LogP contribution in [0.3, 0.4) is 0 Å². The molecule has 2 aromatic rings. The number of hydrogen-bond acceptors (Lipinski definition) is 3. The first-order valence-corrected chi connectivity index (χ1v) is 6.68. The van der Waals surface area contributed by atoms with Crippen molar-refractivity contribution in [2.24, 2.45) is 0 Å². The van der Waals surface area contributed by atoms with Crippen LogP contribution >= 0.6 is 0 Å². The standard InChI is InChI=1S/C16H20N2O2/c1-13-4-3-5-14(10-13)11-17-15-6-7-16(19)18(12-15)8-9-20-2/h3-7,10,12,17H,8-9,11H2,1-2H3. The van der Waals surface area contributed by atoms with Crippen molar-refractivity contribution in [2.75, 3.05) is 19.0 Å². The van der Waals surface area contributed by atoms with Crippen LogP contribution in [0.15, 0.2) is 47.4 Å². The van der Waals surface area contributed by atoms with Gasteiger partial charge < -0.3 is 14.6 Å². The number of anilines is 1. The fraction of sp³-hybridized carbons (Fsp3) is 0.312. The molecule has 1 aromatic heterocycles. The molecule has 4 nitrogen and oxygen atoms in total. The Morgan fingerprint density at radius 2 is 2.10 bits per heavy atom. The molecule has 0 atom stereocenters. The van der Waals surface area contributed by atoms with Crippen molar-refractivity contribution in [3.8, 4) is 0 Å². The third-order valence-electron chi connectivity index (χ3n) is 3.10. The monoisotopic (exact) mass is 272 g/mol. The minimum absolute atomic E-state index is 0.0110. The van der Waals surface area contributed by atoms with Crippen LogP contribution in [-0.2, 0) is 17.8 Å². The van der Waals surface area contributed by atoms with Crippen molar-refractivity contribution in [3.63, 3.8) is 0 Å². The Kier molecular flexibility index (Phi) is 4.96. The summed E-state index contributed by atoms with van der Waals surface area (Å²) in [5.41, 5.74) is 3.39. The fourth-order valence-electron chi connectivity index (χ4n) is 2.03. The molecule has 1 N–H and O–H groups in total. The third-order valence-corrected chi connectivity index (χ3v) is 3.10. The van der Waals surface area contributed by atoms with Crippen molar-refractivity contribution >= 4 is 5.69 Å². The Morgan fingerprint density at radius 1 is 1.25 bits per heavy atom. The lowest BCUT2D eigenvalue weighted by Crippen LogP contribution is -2.21. The Balaban J connectivity index is 2.04. The molecule has 0 aliphatic heterocycles. The van der Waals surface area contributed by atoms with E-state index in [0.29, 0.717) is 13.2 Å². The van der Waals surface area contributed by atoms with E-state index >= 15 is 0 Å². The van der Waals surface area contributed by atoms with Crippen molar-refractivity contribution < 1.29 is 4.74 Å². The lowest BCUT2D eigenvalue weighted by Gasteiger charge is -2.10. The molecule has 0 saturated heterocycles. The summed E-state index contributed by atoms with van der Waals surface area (Å²) in [7, 11) is 1.63. The Labute approximate surface area is 119 Å². The molecule has 0 aliphatic carbocycles. The molecular formula is C16H20N2O2. The smallest absolute Gasteiger partial charge is 0.250 e. The van der Waals surface area contributed by atoms with Crippen molar-refractivity contribution in [1.29, 1.82) is 0 Å². The number of aromatic nitrogens is 1. The summed E-state index contributed by atoms with van der Waals surface area (Å²) in [4.78, 5) is 11.7. The lowest BCUT2D eigenvalue weighted by atomic mass is 10.1. The second kappa shape index (κ2) is 6.91. The van der Waals surface area contributed by atoms with Gasteiger partial charge in [0.15, 0.2) is 0 Å². The van der Waals surface area contributed by atoms with Gasteiger partial charge in [0.2, 0.25) is 0 Å². The molecule has 0 bridgehead atoms. The molecule has 0 unspecified atom stereocenters. The van der Waals surface area contributed by atoms with E-state index in [1.165, 1.54) is 11.1 Å². The van der Waals surface area contributed by atoms with Crippen molar-refractivity contribution in [2.45, 2.75) is 20.0 Å². The highest BCUT2D eigenvalue weighted by molar-refractivity contribution is 5.41. The summed E-state index contributed by atoms with van der Waals surface area (Å²) in [6, 6.07) is 11.7. The minimum Gasteiger partial charge on any atom is -0.383 e. The zero-order valence-corrected chi connectivity index (χ0v) is 11.9. The number of ether oxygens (including phenoxy) is 1. The molecule has 0 amide bonds. The van der Waals surface area contributed by atoms with Crippen LogP contribution in [-0.4, -0.2) is 18.3 Å². The van der Waals surface area contributed by atoms with Gasteiger partial charge in [-0.3, -0.25) is 4.79 Å². The van der Waals surface area contributed by atoms with E-state index < -0.39 is 0 Å². The number of rotatable bonds is 6. The predicted octanol–water partition coefficient (Wildman–Crippen LogP) is 2.42. The Morgan fingerprint density at radius 3 is 2.85 bits per heavy atom. The maximum Gasteiger partial charge on any atom is 0.250 e. The highest BCUT2D eigenvalue weighted by Crippen LogP contribution is 2.09. The van der Waals surface area contributed by atoms with Gasteiger partial charge in [-0.1, -0.05) is 29.8 Å². The van der Waals surface area contributed by atoms with Crippen molar-refractivity contribution in [3.05, 3.63) is 64.1 Å². The SMILES string of the molecule is COCCn1cc(NCc2cccc(C)c2)ccc1=O. The maximum absolute atomic E-state index is 11.7. The summed E-state index contributed by atoms with van der Waals surface area (Å²) >= 11 is 0. The van der Waals surface area contributed by atoms with Gasteiger partial charge in [-0.05, 0) is 18.6 Å². The second-order valence-electron chi connectivity index (χ2n) is 4.78. The van der Waals surface area contributed by atoms with Gasteiger partial charge in [-0.15, -0.1) is 0 Å². The molecule has 1 aromatic carbocycles. The Bertz CT molecular complexity index is 620. The number of benzene rings is 1. The average molecular weight is 272 g/mol. The molecule has 0 aliphatic rings. The number of pyridine rings is 1. The van der Waals surface area contributed by atoms with E-state index in [4.69, 9.17) is 4.74 Å². The summed E-state index contributed by atoms with van der Waals surface area (Å²) in [6.45, 7) is 3.91. The molecule has 20 heavy (non-hydrogen) atoms. The summed E-state index contributed by atoms with van der Waals surface area (Å²) in [5.74, 6) is 0. The number of methoxy groups -OCH3 is 1. The number of hydrogen-bond donors (Lipinski definition) is 1. The number of nitrogens with one attached hydrogen (secondary N) is 1. The Hall–Kier alpha value is -2.07. The molecule has 4 heteroatoms. The molecule has 0 fully saturated rings. The molecule has 1 heterocycles. The van der Waals surface area contributed by atoms with E-state index in [9.17, 15) is 4.79 Å². The zero-order chi connectivity index (χ0) is 14.4. The average Bonchev–Trinajstić information content (AvgIpc) is 2.45. The summed E-state index contributed by atoms with van der Waals surface area (Å²) in [6.07, 6.45) is 1.83. The van der Waals surface area contributed by atoms with Gasteiger partial charge in [0, 0.05) is 32.5 Å². The number of aryl methyl sites for hydroxylation is 1. The van der Waals surface area contributed by atoms with Crippen LogP contribution in [0.4, 0.5) is 5.69 Å². The van der Waals surface area contributed by atoms with E-state index in [1.807, 2.05) is 12.3 Å². The third kappa shape index (κ3) is 3.96. The maximum atomic E-state index is 11.7. The van der Waals surface area contributed by atoms with Crippen LogP contribution < -0.4 is 10.9 Å². The minimum atomic E-state index is -0.0110. The van der Waals surface area contributed by atoms with Crippen molar-refractivity contribution in [1.82, 2.24) is 4.57 Å². The summed E-state index contributed by atoms with van der Waals surface area (Å²) in [5, 5.41) is 3.33. The van der Waals surface area contributed by atoms with Crippen LogP contribution in [0.1, 0.15) is 11.1 Å². The van der Waals surface area contributed by atoms with Gasteiger partial charge >= 0.3 is 0 Å². The molecular weight excluding hydrogens is 252 g/mol. The van der Waals surface area contributed by atoms with Crippen LogP contribution in [0.2, 0.25) is 0 Å². The molecule has 2 rings (SSSR count). The van der Waals surface area contributed by atoms with Gasteiger partial charge in [0.1, 0.15) is 0 Å². The second-order valence-corrected chi connectivity index (χ2v) is 4.78. The van der Waals surface area contributed by atoms with E-state index in [2.05, 4.69) is 30.4 Å². The van der Waals surface area contributed by atoms with E-state index in [0.717, 1.165) is 12.2 Å². The van der Waals surface area contributed by atoms with Gasteiger partial charge in [0.05, 0.1) is 12.3 Å². The largest absolute Gasteiger partial charge is 0.383 e. The highest BCUT2D eigenvalue weighted by Gasteiger charge is 1.99. The molecule has 106 valence electrons. The first-order chi connectivity index (χ1) is 9.69. The highest BCUT2D eigenvalue weighted by atomic mass is 16.5. The quantitative estimate of drug-likeness (QED) is 0.878. The lowest BCUT2D eigenvalue weighted by molar-refractivity contribution is 0.186. The first-order valence-electron chi connectivity index (χ1n) is 6.68. The number of nitrogens with zero attached hydrogens (tertiary/aromatic N) is 1. The normalized spacial score (nSPS) is 10.5. The molecule has 0 spiro atoms. The van der Waals surface area contributed by atoms with Gasteiger partial charge in [0.25, 0.3) is 5.56 Å². The van der Waals surface area contributed by atoms with E-state index in [1.54, 1.807) is 23.8 Å². The van der Waals surface area contributed by atoms with Crippen LogP contribution in [0.25, 0.3) is 0 Å². The fourth-order valence-corrected chi connectivity index (χ4v) is 2.03. The predicted molar refractivity (Wildman–Crippen MR) is 81.1 cm³/mol. The molecule has 0 saturated carbocycles. The van der Waals surface area contributed by atoms with Crippen LogP contribution in [0, 0.1) is 6.92 Å². The van der Waals surface area contributed by atoms with E-state index in [-0.39, 0.29) is 5.56 Å². The molecule has 0 radical (unpaired) electrons. The van der Waals surface area contributed by atoms with Gasteiger partial charge in [-0.25, -0.2) is 0 Å². The topological polar surface area (TPSA) is 43.3 Å². The van der Waals surface area contributed by atoms with Gasteiger partial charge in [-0.2, -0.15) is 0 Å². The summed E-state index contributed by atoms with van der Waals surface area (Å²) < 4.78 is 6.66. The first kappa shape index (κ1) is 14.3. The van der Waals surface area contributed by atoms with Crippen LogP contribution in [0.5, 0.6) is 0 Å². The zero-order valence-electron chi connectivity index (χ0n) is 11.9.